The highest BCUT2D eigenvalue weighted by molar-refractivity contribution is 5.54. The van der Waals surface area contributed by atoms with Gasteiger partial charge in [0, 0.05) is 42.8 Å². The molecular formula is C30H31F4N3O. The molecule has 0 radical (unpaired) electrons. The van der Waals surface area contributed by atoms with Gasteiger partial charge in [0.1, 0.15) is 24.0 Å². The number of nitrogens with zero attached hydrogens (tertiary/aromatic N) is 2. The fourth-order valence-electron chi connectivity index (χ4n) is 6.22. The van der Waals surface area contributed by atoms with Crippen molar-refractivity contribution in [3.63, 3.8) is 0 Å². The summed E-state index contributed by atoms with van der Waals surface area (Å²) in [7, 11) is 0. The summed E-state index contributed by atoms with van der Waals surface area (Å²) in [5.74, 6) is -0.767. The maximum atomic E-state index is 15.7. The predicted molar refractivity (Wildman–Crippen MR) is 139 cm³/mol. The van der Waals surface area contributed by atoms with E-state index in [1.807, 2.05) is 41.3 Å². The SMILES string of the molecule is Fc1cc(N2CC3(CCNC3)C2)cc(F)c1C1c2ccc(OCc3ccccc3)cc2CCN1CC(F)F. The van der Waals surface area contributed by atoms with Gasteiger partial charge in [0.05, 0.1) is 12.6 Å². The Morgan fingerprint density at radius 2 is 1.76 bits per heavy atom. The van der Waals surface area contributed by atoms with Gasteiger partial charge in [-0.05, 0) is 60.3 Å². The molecule has 0 bridgehead atoms. The smallest absolute Gasteiger partial charge is 0.251 e. The van der Waals surface area contributed by atoms with Crippen LogP contribution in [0.25, 0.3) is 0 Å². The van der Waals surface area contributed by atoms with E-state index in [0.29, 0.717) is 30.0 Å². The monoisotopic (exact) mass is 525 g/mol. The number of rotatable bonds is 7. The van der Waals surface area contributed by atoms with Crippen molar-refractivity contribution in [2.24, 2.45) is 5.41 Å². The molecule has 3 aliphatic rings. The summed E-state index contributed by atoms with van der Waals surface area (Å²) in [6.07, 6.45) is -1.06. The standard InChI is InChI=1S/C30H31F4N3O/c31-25-13-22(37-18-30(19-37)9-10-35-17-30)14-26(32)28(25)29-24-7-6-23(38-16-20-4-2-1-3-5-20)12-21(24)8-11-36(29)15-27(33)34/h1-7,12-14,27,29,35H,8-11,15-19H2. The van der Waals surface area contributed by atoms with Gasteiger partial charge in [-0.2, -0.15) is 0 Å². The first-order valence-electron chi connectivity index (χ1n) is 13.2. The van der Waals surface area contributed by atoms with Crippen LogP contribution in [0.15, 0.2) is 60.7 Å². The van der Waals surface area contributed by atoms with E-state index in [-0.39, 0.29) is 17.5 Å². The summed E-state index contributed by atoms with van der Waals surface area (Å²) in [5.41, 5.74) is 3.02. The van der Waals surface area contributed by atoms with Crippen LogP contribution < -0.4 is 15.0 Å². The molecular weight excluding hydrogens is 494 g/mol. The van der Waals surface area contributed by atoms with Gasteiger partial charge in [-0.1, -0.05) is 36.4 Å². The minimum Gasteiger partial charge on any atom is -0.489 e. The molecule has 1 spiro atoms. The third-order valence-corrected chi connectivity index (χ3v) is 8.15. The molecule has 0 amide bonds. The Morgan fingerprint density at radius 3 is 2.45 bits per heavy atom. The summed E-state index contributed by atoms with van der Waals surface area (Å²) in [4.78, 5) is 3.48. The average molecular weight is 526 g/mol. The number of hydrogen-bond donors (Lipinski definition) is 1. The van der Waals surface area contributed by atoms with Gasteiger partial charge in [-0.15, -0.1) is 0 Å². The lowest BCUT2D eigenvalue weighted by Crippen LogP contribution is -2.57. The second-order valence-electron chi connectivity index (χ2n) is 10.8. The molecule has 2 fully saturated rings. The highest BCUT2D eigenvalue weighted by Gasteiger charge is 2.45. The van der Waals surface area contributed by atoms with Crippen LogP contribution in [0.5, 0.6) is 5.75 Å². The Labute approximate surface area is 220 Å². The Morgan fingerprint density at radius 1 is 1.00 bits per heavy atom. The summed E-state index contributed by atoms with van der Waals surface area (Å²) in [6, 6.07) is 16.9. The van der Waals surface area contributed by atoms with Gasteiger partial charge < -0.3 is 15.0 Å². The van der Waals surface area contributed by atoms with Crippen LogP contribution in [0.4, 0.5) is 23.2 Å². The number of fused-ring (bicyclic) bond motifs is 1. The van der Waals surface area contributed by atoms with Gasteiger partial charge in [0.15, 0.2) is 0 Å². The Kier molecular flexibility index (Phi) is 6.78. The minimum absolute atomic E-state index is 0.175. The zero-order valence-corrected chi connectivity index (χ0v) is 21.1. The van der Waals surface area contributed by atoms with Crippen molar-refractivity contribution >= 4 is 5.69 Å². The molecule has 38 heavy (non-hydrogen) atoms. The quantitative estimate of drug-likeness (QED) is 0.409. The maximum Gasteiger partial charge on any atom is 0.251 e. The Hall–Kier alpha value is -3.10. The van der Waals surface area contributed by atoms with Crippen molar-refractivity contribution in [3.8, 4) is 5.75 Å². The second kappa shape index (κ2) is 10.2. The van der Waals surface area contributed by atoms with Crippen LogP contribution in [-0.2, 0) is 13.0 Å². The van der Waals surface area contributed by atoms with Crippen molar-refractivity contribution < 1.29 is 22.3 Å². The zero-order chi connectivity index (χ0) is 26.3. The van der Waals surface area contributed by atoms with Crippen molar-refractivity contribution in [1.82, 2.24) is 10.2 Å². The van der Waals surface area contributed by atoms with Gasteiger partial charge in [-0.25, -0.2) is 17.6 Å². The molecule has 8 heteroatoms. The first kappa shape index (κ1) is 25.2. The number of hydrogen-bond acceptors (Lipinski definition) is 4. The molecule has 3 aromatic rings. The molecule has 6 rings (SSSR count). The number of ether oxygens (including phenoxy) is 1. The number of anilines is 1. The average Bonchev–Trinajstić information content (AvgIpc) is 3.38. The van der Waals surface area contributed by atoms with Crippen LogP contribution in [0.1, 0.15) is 34.7 Å². The van der Waals surface area contributed by atoms with Crippen molar-refractivity contribution in [2.45, 2.75) is 31.9 Å². The second-order valence-corrected chi connectivity index (χ2v) is 10.8. The number of alkyl halides is 2. The lowest BCUT2D eigenvalue weighted by molar-refractivity contribution is 0.0686. The topological polar surface area (TPSA) is 27.7 Å². The lowest BCUT2D eigenvalue weighted by Gasteiger charge is -2.49. The highest BCUT2D eigenvalue weighted by atomic mass is 19.3. The summed E-state index contributed by atoms with van der Waals surface area (Å²) < 4.78 is 64.3. The summed E-state index contributed by atoms with van der Waals surface area (Å²) in [6.45, 7) is 3.51. The summed E-state index contributed by atoms with van der Waals surface area (Å²) >= 11 is 0. The van der Waals surface area contributed by atoms with Gasteiger partial charge in [-0.3, -0.25) is 4.90 Å². The minimum atomic E-state index is -2.62. The number of benzene rings is 3. The van der Waals surface area contributed by atoms with E-state index in [1.54, 1.807) is 12.1 Å². The molecule has 3 aromatic carbocycles. The van der Waals surface area contributed by atoms with Crippen molar-refractivity contribution in [2.75, 3.05) is 44.2 Å². The highest BCUT2D eigenvalue weighted by Crippen LogP contribution is 2.43. The van der Waals surface area contributed by atoms with Crippen molar-refractivity contribution in [1.29, 1.82) is 0 Å². The van der Waals surface area contributed by atoms with E-state index in [2.05, 4.69) is 5.32 Å². The molecule has 1 unspecified atom stereocenters. The maximum absolute atomic E-state index is 15.7. The van der Waals surface area contributed by atoms with Crippen LogP contribution in [0.3, 0.4) is 0 Å². The molecule has 0 aliphatic carbocycles. The van der Waals surface area contributed by atoms with Crippen molar-refractivity contribution in [3.05, 3.63) is 94.6 Å². The van der Waals surface area contributed by atoms with E-state index in [0.717, 1.165) is 43.7 Å². The van der Waals surface area contributed by atoms with E-state index in [1.165, 1.54) is 17.0 Å². The molecule has 3 aliphatic heterocycles. The number of nitrogens with one attached hydrogen (secondary N) is 1. The van der Waals surface area contributed by atoms with Crippen LogP contribution in [-0.4, -0.2) is 50.6 Å². The molecule has 0 saturated carbocycles. The van der Waals surface area contributed by atoms with E-state index >= 15 is 8.78 Å². The number of halogens is 4. The Bertz CT molecular complexity index is 1260. The third kappa shape index (κ3) is 4.87. The zero-order valence-electron chi connectivity index (χ0n) is 21.1. The van der Waals surface area contributed by atoms with E-state index < -0.39 is 30.6 Å². The fourth-order valence-corrected chi connectivity index (χ4v) is 6.22. The van der Waals surface area contributed by atoms with Gasteiger partial charge >= 0.3 is 0 Å². The molecule has 200 valence electrons. The summed E-state index contributed by atoms with van der Waals surface area (Å²) in [5, 5.41) is 3.36. The molecule has 4 nitrogen and oxygen atoms in total. The van der Waals surface area contributed by atoms with Crippen LogP contribution in [0, 0.1) is 17.0 Å². The van der Waals surface area contributed by atoms with Gasteiger partial charge in [0.25, 0.3) is 6.43 Å². The van der Waals surface area contributed by atoms with E-state index in [9.17, 15) is 8.78 Å². The molecule has 1 atom stereocenters. The molecule has 3 heterocycles. The lowest BCUT2D eigenvalue weighted by atomic mass is 9.78. The first-order valence-corrected chi connectivity index (χ1v) is 13.2. The molecule has 1 N–H and O–H groups in total. The third-order valence-electron chi connectivity index (χ3n) is 8.15. The van der Waals surface area contributed by atoms with E-state index in [4.69, 9.17) is 4.74 Å². The van der Waals surface area contributed by atoms with Gasteiger partial charge in [0.2, 0.25) is 0 Å². The first-order chi connectivity index (χ1) is 18.4. The van der Waals surface area contributed by atoms with Crippen LogP contribution in [0.2, 0.25) is 0 Å². The van der Waals surface area contributed by atoms with Crippen LogP contribution >= 0.6 is 0 Å². The largest absolute Gasteiger partial charge is 0.489 e. The fraction of sp³-hybridized carbons (Fsp3) is 0.400. The molecule has 0 aromatic heterocycles. The molecule has 2 saturated heterocycles. The normalized spacial score (nSPS) is 20.6. The predicted octanol–water partition coefficient (Wildman–Crippen LogP) is 5.56. The Balaban J connectivity index is 1.28.